The van der Waals surface area contributed by atoms with E-state index in [0.29, 0.717) is 10.4 Å². The number of hydrogen-bond acceptors (Lipinski definition) is 6. The van der Waals surface area contributed by atoms with Gasteiger partial charge < -0.3 is 20.4 Å². The molecule has 1 aromatic heterocycles. The van der Waals surface area contributed by atoms with Crippen LogP contribution < -0.4 is 0 Å². The van der Waals surface area contributed by atoms with Crippen LogP contribution in [0.4, 0.5) is 0 Å². The lowest BCUT2D eigenvalue weighted by Crippen LogP contribution is -1.93. The Kier molecular flexibility index (Phi) is 7.77. The fourth-order valence-corrected chi connectivity index (χ4v) is 3.33. The third kappa shape index (κ3) is 5.93. The number of fused-ring (bicyclic) bond motifs is 1. The molecule has 0 atom stereocenters. The summed E-state index contributed by atoms with van der Waals surface area (Å²) in [7, 11) is 0. The molecule has 0 unspecified atom stereocenters. The molecule has 8 heteroatoms. The van der Waals surface area contributed by atoms with Crippen LogP contribution in [0.2, 0.25) is 0 Å². The molecule has 3 rings (SSSR count). The predicted octanol–water partition coefficient (Wildman–Crippen LogP) is 3.63. The molecular weight excluding hydrogens is 400 g/mol. The normalized spacial score (nSPS) is 11.0. The highest BCUT2D eigenvalue weighted by atomic mass is 32.1. The van der Waals surface area contributed by atoms with Crippen molar-refractivity contribution >= 4 is 52.1 Å². The van der Waals surface area contributed by atoms with Crippen molar-refractivity contribution < 1.29 is 30.0 Å². The van der Waals surface area contributed by atoms with E-state index in [9.17, 15) is 9.59 Å². The smallest absolute Gasteiger partial charge is 0.345 e. The summed E-state index contributed by atoms with van der Waals surface area (Å²) in [6, 6.07) is 14.0. The summed E-state index contributed by atoms with van der Waals surface area (Å²) in [5.74, 6) is -1.97. The fraction of sp³-hybridized carbons (Fsp3) is 0.100. The second kappa shape index (κ2) is 10.0. The second-order valence-corrected chi connectivity index (χ2v) is 7.25. The molecule has 6 nitrogen and oxygen atoms in total. The number of thiophene rings is 1. The van der Waals surface area contributed by atoms with E-state index in [0.717, 1.165) is 21.2 Å². The molecule has 0 spiro atoms. The maximum Gasteiger partial charge on any atom is 0.345 e. The van der Waals surface area contributed by atoms with Gasteiger partial charge in [0.15, 0.2) is 0 Å². The number of aliphatic carboxylic acids is 1. The molecule has 3 aromatic rings. The molecular formula is C20H18O6S2. The van der Waals surface area contributed by atoms with Crippen LogP contribution in [-0.4, -0.2) is 32.4 Å². The molecule has 0 saturated heterocycles. The second-order valence-electron chi connectivity index (χ2n) is 5.68. The third-order valence-corrected chi connectivity index (χ3v) is 5.05. The fourth-order valence-electron chi connectivity index (χ4n) is 2.30. The summed E-state index contributed by atoms with van der Waals surface area (Å²) in [5.41, 5.74) is 2.25. The summed E-state index contributed by atoms with van der Waals surface area (Å²) in [6.45, 7) is -0.0785. The lowest BCUT2D eigenvalue weighted by atomic mass is 10.1. The number of carboxylic acids is 2. The van der Waals surface area contributed by atoms with Crippen molar-refractivity contribution in [3.8, 4) is 0 Å². The van der Waals surface area contributed by atoms with Gasteiger partial charge in [0.2, 0.25) is 0 Å². The molecule has 0 saturated carbocycles. The van der Waals surface area contributed by atoms with Crippen molar-refractivity contribution in [1.29, 1.82) is 0 Å². The zero-order chi connectivity index (χ0) is 20.7. The van der Waals surface area contributed by atoms with Gasteiger partial charge in [-0.1, -0.05) is 24.3 Å². The van der Waals surface area contributed by atoms with E-state index in [1.807, 2.05) is 6.07 Å². The third-order valence-electron chi connectivity index (χ3n) is 3.63. The Hall–Kier alpha value is -2.65. The summed E-state index contributed by atoms with van der Waals surface area (Å²) >= 11 is 5.04. The molecule has 0 aliphatic rings. The number of aromatic carboxylic acids is 1. The van der Waals surface area contributed by atoms with Crippen LogP contribution in [0.15, 0.2) is 53.4 Å². The van der Waals surface area contributed by atoms with Gasteiger partial charge in [-0.2, -0.15) is 0 Å². The van der Waals surface area contributed by atoms with Crippen molar-refractivity contribution in [1.82, 2.24) is 0 Å². The number of rotatable bonds is 5. The molecule has 2 aromatic carbocycles. The number of aliphatic hydroxyl groups excluding tert-OH is 2. The number of hydrogen-bond donors (Lipinski definition) is 5. The van der Waals surface area contributed by atoms with E-state index in [1.54, 1.807) is 42.5 Å². The van der Waals surface area contributed by atoms with Crippen LogP contribution in [0.3, 0.4) is 0 Å². The van der Waals surface area contributed by atoms with Crippen molar-refractivity contribution in [2.45, 2.75) is 13.2 Å². The van der Waals surface area contributed by atoms with Gasteiger partial charge in [0, 0.05) is 4.70 Å². The van der Waals surface area contributed by atoms with Crippen molar-refractivity contribution in [3.63, 3.8) is 0 Å². The number of carbonyl (C=O) groups is 2. The van der Waals surface area contributed by atoms with Crippen LogP contribution in [0.25, 0.3) is 16.2 Å². The largest absolute Gasteiger partial charge is 0.477 e. The summed E-state index contributed by atoms with van der Waals surface area (Å²) in [5, 5.41) is 36.0. The van der Waals surface area contributed by atoms with E-state index in [2.05, 4.69) is 12.6 Å². The zero-order valence-electron chi connectivity index (χ0n) is 14.6. The lowest BCUT2D eigenvalue weighted by Gasteiger charge is -1.98. The number of aliphatic hydroxyl groups is 2. The van der Waals surface area contributed by atoms with E-state index < -0.39 is 11.9 Å². The lowest BCUT2D eigenvalue weighted by molar-refractivity contribution is -0.131. The van der Waals surface area contributed by atoms with Gasteiger partial charge in [-0.15, -0.1) is 24.0 Å². The van der Waals surface area contributed by atoms with Crippen molar-refractivity contribution in [3.05, 3.63) is 75.0 Å². The predicted molar refractivity (Wildman–Crippen MR) is 112 cm³/mol. The molecule has 28 heavy (non-hydrogen) atoms. The maximum absolute atomic E-state index is 10.7. The maximum atomic E-state index is 10.7. The topological polar surface area (TPSA) is 115 Å². The number of benzene rings is 2. The molecule has 146 valence electrons. The van der Waals surface area contributed by atoms with Gasteiger partial charge in [0.05, 0.1) is 18.1 Å². The highest BCUT2D eigenvalue weighted by molar-refractivity contribution is 7.85. The Morgan fingerprint density at radius 1 is 0.964 bits per heavy atom. The average molecular weight is 418 g/mol. The number of thiol groups is 1. The minimum absolute atomic E-state index is 0.0197. The van der Waals surface area contributed by atoms with Crippen LogP contribution in [0.5, 0.6) is 0 Å². The highest BCUT2D eigenvalue weighted by Crippen LogP contribution is 2.26. The summed E-state index contributed by atoms with van der Waals surface area (Å²) < 4.78 is 0.930. The Labute approximate surface area is 170 Å². The van der Waals surface area contributed by atoms with Gasteiger partial charge in [-0.25, -0.2) is 9.59 Å². The molecule has 0 aliphatic heterocycles. The van der Waals surface area contributed by atoms with E-state index in [1.165, 1.54) is 17.4 Å². The van der Waals surface area contributed by atoms with Gasteiger partial charge in [0.25, 0.3) is 0 Å². The van der Waals surface area contributed by atoms with Crippen LogP contribution >= 0.6 is 24.0 Å². The molecule has 0 amide bonds. The standard InChI is InChI=1S/C10H8O3S.C10H10O3S/c11-5-6-1-2-8-7(3-6)4-9(14-8)10(12)13;11-6-8-3-1-2-7(4-8)5-9(14)10(12)13/h1-4,11H,5H2,(H,12,13);1-5,11,14H,6H2,(H,12,13)/b;9-5-. The Balaban J connectivity index is 0.000000200. The SMILES string of the molecule is O=C(O)/C(S)=C/c1cccc(CO)c1.O=C(O)c1cc2cc(CO)ccc2s1. The molecule has 0 fully saturated rings. The zero-order valence-corrected chi connectivity index (χ0v) is 16.3. The van der Waals surface area contributed by atoms with Gasteiger partial charge in [-0.3, -0.25) is 0 Å². The van der Waals surface area contributed by atoms with E-state index in [4.69, 9.17) is 20.4 Å². The first-order chi connectivity index (χ1) is 13.3. The first-order valence-corrected chi connectivity index (χ1v) is 9.30. The van der Waals surface area contributed by atoms with E-state index in [-0.39, 0.29) is 18.1 Å². The first kappa shape index (κ1) is 21.6. The Morgan fingerprint density at radius 3 is 2.25 bits per heavy atom. The molecule has 0 bridgehead atoms. The highest BCUT2D eigenvalue weighted by Gasteiger charge is 2.08. The van der Waals surface area contributed by atoms with Crippen molar-refractivity contribution in [2.24, 2.45) is 0 Å². The molecule has 0 aliphatic carbocycles. The first-order valence-electron chi connectivity index (χ1n) is 8.04. The summed E-state index contributed by atoms with van der Waals surface area (Å²) in [6.07, 6.45) is 1.44. The minimum Gasteiger partial charge on any atom is -0.477 e. The average Bonchev–Trinajstić information content (AvgIpc) is 3.12. The van der Waals surface area contributed by atoms with Crippen LogP contribution in [-0.2, 0) is 18.0 Å². The van der Waals surface area contributed by atoms with Crippen LogP contribution in [0.1, 0.15) is 26.4 Å². The van der Waals surface area contributed by atoms with Gasteiger partial charge in [-0.05, 0) is 52.4 Å². The molecule has 4 N–H and O–H groups in total. The van der Waals surface area contributed by atoms with Gasteiger partial charge >= 0.3 is 11.9 Å². The van der Waals surface area contributed by atoms with Gasteiger partial charge in [0.1, 0.15) is 4.88 Å². The van der Waals surface area contributed by atoms with Crippen molar-refractivity contribution in [2.75, 3.05) is 0 Å². The Morgan fingerprint density at radius 2 is 1.64 bits per heavy atom. The molecule has 0 radical (unpaired) electrons. The van der Waals surface area contributed by atoms with E-state index >= 15 is 0 Å². The summed E-state index contributed by atoms with van der Waals surface area (Å²) in [4.78, 5) is 21.5. The Bertz CT molecular complexity index is 1020. The molecule has 1 heterocycles. The minimum atomic E-state index is -1.07. The number of carboxylic acid groups (broad SMARTS) is 2. The quantitative estimate of drug-likeness (QED) is 0.319. The van der Waals surface area contributed by atoms with Crippen LogP contribution in [0, 0.1) is 0 Å². The monoisotopic (exact) mass is 418 g/mol.